The van der Waals surface area contributed by atoms with E-state index in [2.05, 4.69) is 43.5 Å². The van der Waals surface area contributed by atoms with E-state index < -0.39 is 144 Å². The highest BCUT2D eigenvalue weighted by molar-refractivity contribution is 5.98. The van der Waals surface area contributed by atoms with Gasteiger partial charge < -0.3 is 71.2 Å². The number of nitrogens with one attached hydrogen (secondary N) is 5. The van der Waals surface area contributed by atoms with Crippen molar-refractivity contribution in [1.82, 2.24) is 26.6 Å². The average Bonchev–Trinajstić information content (AvgIpc) is 0.888. The number of hydrogen-bond acceptors (Lipinski definition) is 16. The molecule has 0 aromatic heterocycles. The molecule has 26 nitrogen and oxygen atoms in total. The quantitative estimate of drug-likeness (QED) is 0.0228. The van der Waals surface area contributed by atoms with Crippen molar-refractivity contribution in [2.75, 3.05) is 26.2 Å². The fraction of sp³-hybridized carbons (Fsp3) is 0.809. The zero-order valence-electron chi connectivity index (χ0n) is 58.6. The number of primary amides is 1. The van der Waals surface area contributed by atoms with E-state index in [-0.39, 0.29) is 113 Å². The molecule has 0 aliphatic heterocycles. The Bertz CT molecular complexity index is 2360. The standard InChI is InChI=1S/C68H125N13O13/c1-10-11-12-13-14-15-16-17-18-19-20-21-22-30-60(89)78-54(42-82)55(84)31-32-61(90)77-51(29-26-35-76-68(73)74)58(87)41-50(45(6)7)66(94)80-52(36-43(2)3)56(85)38-46(8)64(92)81-62(47(9)83)59(88)40-49(27-23-24-33-69)65(93)79-53(37-44(4)5)57(86)39-48(63(70)91)28-25-34-75-67(71)72/h43-54,62,82-83H,10-42,69H2,1-9H3,(H2,70,91)(H,77,90)(H,78,89)(H,79,93)(H,80,94)(H,81,92)(H4,71,72,75)(H4,73,74,76)/t46-,47-,48-,49-,50+,51+,52+,53+,54+,62+/m1/s1. The molecule has 94 heavy (non-hydrogen) atoms. The third-order valence-electron chi connectivity index (χ3n) is 16.8. The first-order valence-corrected chi connectivity index (χ1v) is 34.9. The van der Waals surface area contributed by atoms with Gasteiger partial charge in [0.2, 0.25) is 35.4 Å². The van der Waals surface area contributed by atoms with Crippen LogP contribution in [-0.2, 0) is 52.7 Å². The Morgan fingerprint density at radius 1 is 0.426 bits per heavy atom. The van der Waals surface area contributed by atoms with E-state index in [4.69, 9.17) is 34.4 Å². The monoisotopic (exact) mass is 1330 g/mol. The molecule has 26 heteroatoms. The highest BCUT2D eigenvalue weighted by atomic mass is 16.3. The number of guanidine groups is 2. The fourth-order valence-corrected chi connectivity index (χ4v) is 11.1. The number of amides is 6. The third kappa shape index (κ3) is 40.8. The number of carbonyl (C=O) groups excluding carboxylic acids is 11. The number of rotatable bonds is 58. The number of aliphatic hydroxyl groups is 2. The number of unbranched alkanes of at least 4 members (excludes halogenated alkanes) is 13. The predicted octanol–water partition coefficient (Wildman–Crippen LogP) is 4.41. The lowest BCUT2D eigenvalue weighted by Gasteiger charge is -2.28. The van der Waals surface area contributed by atoms with E-state index in [1.165, 1.54) is 65.2 Å². The SMILES string of the molecule is CCCCCCCCCCCCCCCC(=O)N[C@@H](CO)C(=O)CCC(=O)N[C@@H](CCCN=C(N)N)C(=O)C[C@H](C(=O)N[C@@H](CC(C)C)C(=O)C[C@@H](C)C(=O)N[C@H](C(=O)C[C@@H](CCCCN)C(=O)N[C@@H](CC(C)C)C(=O)C[C@@H](CCCN=C(N)N)C(N)=O)[C@@H](C)O)C(C)C. The summed E-state index contributed by atoms with van der Waals surface area (Å²) in [5.74, 6) is -11.4. The van der Waals surface area contributed by atoms with Crippen LogP contribution in [0.1, 0.15) is 249 Å². The third-order valence-corrected chi connectivity index (χ3v) is 16.8. The second-order valence-electron chi connectivity index (χ2n) is 26.9. The second kappa shape index (κ2) is 50.9. The molecule has 0 saturated heterocycles. The van der Waals surface area contributed by atoms with Crippen LogP contribution in [0, 0.1) is 41.4 Å². The van der Waals surface area contributed by atoms with Crippen LogP contribution < -0.4 is 61.0 Å². The Morgan fingerprint density at radius 3 is 1.36 bits per heavy atom. The molecule has 0 aromatic carbocycles. The summed E-state index contributed by atoms with van der Waals surface area (Å²) in [7, 11) is 0. The van der Waals surface area contributed by atoms with Crippen LogP contribution in [0.4, 0.5) is 0 Å². The lowest BCUT2D eigenvalue weighted by Crippen LogP contribution is -2.51. The van der Waals surface area contributed by atoms with Crippen LogP contribution in [0.2, 0.25) is 0 Å². The number of Topliss-reactive ketones (excluding diaryl/α,β-unsaturated/α-hetero) is 5. The van der Waals surface area contributed by atoms with E-state index in [0.717, 1.165) is 25.7 Å². The first-order valence-electron chi connectivity index (χ1n) is 34.9. The number of ketones is 5. The topological polar surface area (TPSA) is 469 Å². The molecule has 0 aromatic rings. The maximum Gasteiger partial charge on any atom is 0.224 e. The van der Waals surface area contributed by atoms with Gasteiger partial charge in [-0.3, -0.25) is 62.7 Å². The van der Waals surface area contributed by atoms with Gasteiger partial charge in [0.25, 0.3) is 0 Å². The summed E-state index contributed by atoms with van der Waals surface area (Å²) in [5.41, 5.74) is 33.3. The van der Waals surface area contributed by atoms with Crippen LogP contribution in [0.5, 0.6) is 0 Å². The van der Waals surface area contributed by atoms with Crippen LogP contribution >= 0.6 is 0 Å². The van der Waals surface area contributed by atoms with E-state index in [1.54, 1.807) is 13.8 Å². The lowest BCUT2D eigenvalue weighted by molar-refractivity contribution is -0.137. The summed E-state index contributed by atoms with van der Waals surface area (Å²) in [6.07, 6.45) is 13.9. The molecule has 0 rings (SSSR count). The first kappa shape index (κ1) is 87.6. The number of aliphatic hydroxyl groups excluding tert-OH is 2. The van der Waals surface area contributed by atoms with Gasteiger partial charge >= 0.3 is 0 Å². The Balaban J connectivity index is 6.09. The average molecular weight is 1330 g/mol. The maximum absolute atomic E-state index is 14.3. The van der Waals surface area contributed by atoms with Gasteiger partial charge in [0.05, 0.1) is 30.8 Å². The first-order chi connectivity index (χ1) is 44.4. The van der Waals surface area contributed by atoms with Crippen LogP contribution in [0.25, 0.3) is 0 Å². The largest absolute Gasteiger partial charge is 0.394 e. The molecule has 0 heterocycles. The number of carbonyl (C=O) groups is 11. The van der Waals surface area contributed by atoms with E-state index in [1.807, 2.05) is 27.7 Å². The molecule has 0 unspecified atom stereocenters. The molecule has 0 aliphatic rings. The molecule has 19 N–H and O–H groups in total. The van der Waals surface area contributed by atoms with Gasteiger partial charge in [-0.15, -0.1) is 0 Å². The highest BCUT2D eigenvalue weighted by Gasteiger charge is 2.37. The van der Waals surface area contributed by atoms with Crippen LogP contribution in [0.3, 0.4) is 0 Å². The van der Waals surface area contributed by atoms with Gasteiger partial charge in [-0.05, 0) is 89.0 Å². The summed E-state index contributed by atoms with van der Waals surface area (Å²) in [6, 6.07) is -6.03. The van der Waals surface area contributed by atoms with Crippen molar-refractivity contribution < 1.29 is 63.0 Å². The van der Waals surface area contributed by atoms with Gasteiger partial charge in [0, 0.05) is 81.7 Å². The molecule has 540 valence electrons. The van der Waals surface area contributed by atoms with Gasteiger partial charge in [-0.1, -0.05) is 139 Å². The Labute approximate surface area is 560 Å². The summed E-state index contributed by atoms with van der Waals surface area (Å²) in [6.45, 7) is 15.8. The van der Waals surface area contributed by atoms with Crippen molar-refractivity contribution in [3.05, 3.63) is 0 Å². The number of hydrogen-bond donors (Lipinski definition) is 13. The zero-order valence-corrected chi connectivity index (χ0v) is 58.6. The van der Waals surface area contributed by atoms with E-state index in [0.29, 0.717) is 32.2 Å². The van der Waals surface area contributed by atoms with Gasteiger partial charge in [-0.25, -0.2) is 0 Å². The molecule has 0 saturated carbocycles. The van der Waals surface area contributed by atoms with E-state index in [9.17, 15) is 63.0 Å². The zero-order chi connectivity index (χ0) is 71.3. The maximum atomic E-state index is 14.3. The van der Waals surface area contributed by atoms with Crippen molar-refractivity contribution in [1.29, 1.82) is 0 Å². The molecule has 0 bridgehead atoms. The van der Waals surface area contributed by atoms with Crippen molar-refractivity contribution in [2.24, 2.45) is 85.8 Å². The minimum absolute atomic E-state index is 0.0603. The predicted molar refractivity (Wildman–Crippen MR) is 367 cm³/mol. The smallest absolute Gasteiger partial charge is 0.224 e. The van der Waals surface area contributed by atoms with Crippen molar-refractivity contribution in [3.8, 4) is 0 Å². The van der Waals surface area contributed by atoms with E-state index >= 15 is 0 Å². The molecular weight excluding hydrogens is 1210 g/mol. The summed E-state index contributed by atoms with van der Waals surface area (Å²) in [4.78, 5) is 158. The molecule has 0 aliphatic carbocycles. The number of aliphatic imine (C=N–C) groups is 2. The summed E-state index contributed by atoms with van der Waals surface area (Å²) in [5, 5.41) is 34.4. The summed E-state index contributed by atoms with van der Waals surface area (Å²) < 4.78 is 0. The number of nitrogens with two attached hydrogens (primary N) is 6. The fourth-order valence-electron chi connectivity index (χ4n) is 11.1. The molecule has 0 spiro atoms. The van der Waals surface area contributed by atoms with Crippen LogP contribution in [-0.4, -0.2) is 149 Å². The lowest BCUT2D eigenvalue weighted by atomic mass is 9.86. The van der Waals surface area contributed by atoms with Crippen LogP contribution in [0.15, 0.2) is 9.98 Å². The normalized spacial score (nSPS) is 14.6. The Morgan fingerprint density at radius 2 is 0.883 bits per heavy atom. The van der Waals surface area contributed by atoms with Crippen molar-refractivity contribution >= 4 is 76.3 Å². The molecular formula is C68H125N13O13. The Kier molecular flexibility index (Phi) is 47.5. The minimum Gasteiger partial charge on any atom is -0.394 e. The number of nitrogens with zero attached hydrogens (tertiary/aromatic N) is 2. The second-order valence-corrected chi connectivity index (χ2v) is 26.9. The minimum atomic E-state index is -1.52. The van der Waals surface area contributed by atoms with Crippen molar-refractivity contribution in [3.63, 3.8) is 0 Å². The van der Waals surface area contributed by atoms with Gasteiger partial charge in [0.15, 0.2) is 40.8 Å². The van der Waals surface area contributed by atoms with Gasteiger partial charge in [0.1, 0.15) is 12.1 Å². The highest BCUT2D eigenvalue weighted by Crippen LogP contribution is 2.24. The van der Waals surface area contributed by atoms with Gasteiger partial charge in [-0.2, -0.15) is 0 Å². The summed E-state index contributed by atoms with van der Waals surface area (Å²) >= 11 is 0. The Hall–Kier alpha value is -6.41. The molecule has 10 atom stereocenters. The molecule has 6 amide bonds. The molecule has 0 radical (unpaired) electrons. The molecule has 0 fully saturated rings. The van der Waals surface area contributed by atoms with Crippen molar-refractivity contribution in [2.45, 2.75) is 285 Å².